The fraction of sp³-hybridized carbons (Fsp3) is 0.444. The summed E-state index contributed by atoms with van der Waals surface area (Å²) in [7, 11) is 0. The Kier molecular flexibility index (Phi) is 6.75. The molecule has 1 aliphatic rings. The van der Waals surface area contributed by atoms with Crippen LogP contribution in [0.2, 0.25) is 0 Å². The van der Waals surface area contributed by atoms with Crippen LogP contribution >= 0.6 is 11.8 Å². The Balaban J connectivity index is 2.02. The minimum Gasteiger partial charge on any atom is -0.480 e. The average molecular weight is 363 g/mol. The molecule has 0 aromatic heterocycles. The molecule has 2 atom stereocenters. The molecule has 134 valence electrons. The number of ketones is 1. The number of hydrogen-bond acceptors (Lipinski definition) is 5. The summed E-state index contributed by atoms with van der Waals surface area (Å²) in [5.41, 5.74) is 0.498. The second-order valence-electron chi connectivity index (χ2n) is 5.95. The number of Topliss-reactive ketones (excluding diaryl/α,β-unsaturated/α-hetero) is 1. The zero-order chi connectivity index (χ0) is 18.4. The minimum atomic E-state index is -0.999. The zero-order valence-corrected chi connectivity index (χ0v) is 14.8. The van der Waals surface area contributed by atoms with Gasteiger partial charge in [0.25, 0.3) is 0 Å². The third kappa shape index (κ3) is 5.16. The molecule has 1 saturated heterocycles. The van der Waals surface area contributed by atoms with E-state index in [9.17, 15) is 19.2 Å². The van der Waals surface area contributed by atoms with Crippen molar-refractivity contribution in [1.29, 1.82) is 0 Å². The lowest BCUT2D eigenvalue weighted by atomic mass is 10.0. The van der Waals surface area contributed by atoms with Gasteiger partial charge in [0, 0.05) is 25.5 Å². The SMILES string of the molecule is CC(=O)SC(CCC(=O)N1CCC[C@H]1C(=O)O)C(=O)c1ccccc1. The van der Waals surface area contributed by atoms with Crippen molar-refractivity contribution in [1.82, 2.24) is 4.90 Å². The fourth-order valence-electron chi connectivity index (χ4n) is 2.95. The summed E-state index contributed by atoms with van der Waals surface area (Å²) in [6.07, 6.45) is 1.37. The minimum absolute atomic E-state index is 0.0489. The van der Waals surface area contributed by atoms with E-state index in [0.717, 1.165) is 11.8 Å². The van der Waals surface area contributed by atoms with Crippen LogP contribution < -0.4 is 0 Å². The summed E-state index contributed by atoms with van der Waals surface area (Å²) >= 11 is 0.919. The summed E-state index contributed by atoms with van der Waals surface area (Å²) < 4.78 is 0. The summed E-state index contributed by atoms with van der Waals surface area (Å²) in [5.74, 6) is -1.47. The normalized spacial score (nSPS) is 18.0. The third-order valence-electron chi connectivity index (χ3n) is 4.14. The van der Waals surface area contributed by atoms with E-state index in [1.54, 1.807) is 30.3 Å². The van der Waals surface area contributed by atoms with Gasteiger partial charge in [-0.1, -0.05) is 42.1 Å². The van der Waals surface area contributed by atoms with Crippen LogP contribution in [0.1, 0.15) is 43.0 Å². The standard InChI is InChI=1S/C18H21NO5S/c1-12(20)25-15(17(22)13-6-3-2-4-7-13)9-10-16(21)19-11-5-8-14(19)18(23)24/h2-4,6-7,14-15H,5,8-11H2,1H3,(H,23,24)/t14-,15?/m0/s1. The van der Waals surface area contributed by atoms with Crippen molar-refractivity contribution in [3.63, 3.8) is 0 Å². The molecule has 1 aromatic rings. The predicted octanol–water partition coefficient (Wildman–Crippen LogP) is 2.37. The molecule has 1 amide bonds. The number of amides is 1. The van der Waals surface area contributed by atoms with Crippen molar-refractivity contribution in [3.05, 3.63) is 35.9 Å². The summed E-state index contributed by atoms with van der Waals surface area (Å²) in [4.78, 5) is 49.0. The Bertz CT molecular complexity index is 661. The number of aliphatic carboxylic acids is 1. The van der Waals surface area contributed by atoms with Gasteiger partial charge in [-0.15, -0.1) is 0 Å². The van der Waals surface area contributed by atoms with Gasteiger partial charge in [0.15, 0.2) is 10.9 Å². The number of carboxylic acids is 1. The van der Waals surface area contributed by atoms with Crippen LogP contribution in [0.3, 0.4) is 0 Å². The molecular weight excluding hydrogens is 342 g/mol. The molecule has 25 heavy (non-hydrogen) atoms. The molecule has 6 nitrogen and oxygen atoms in total. The van der Waals surface area contributed by atoms with Gasteiger partial charge in [0.1, 0.15) is 6.04 Å². The molecule has 1 fully saturated rings. The highest BCUT2D eigenvalue weighted by Crippen LogP contribution is 2.24. The maximum atomic E-state index is 12.6. The van der Waals surface area contributed by atoms with E-state index in [1.165, 1.54) is 11.8 Å². The van der Waals surface area contributed by atoms with Crippen LogP contribution in [0.25, 0.3) is 0 Å². The summed E-state index contributed by atoms with van der Waals surface area (Å²) in [5, 5.41) is 8.34. The lowest BCUT2D eigenvalue weighted by Crippen LogP contribution is -2.40. The lowest BCUT2D eigenvalue weighted by molar-refractivity contribution is -0.148. The lowest BCUT2D eigenvalue weighted by Gasteiger charge is -2.22. The number of carbonyl (C=O) groups is 4. The first-order valence-corrected chi connectivity index (χ1v) is 9.07. The number of carboxylic acid groups (broad SMARTS) is 1. The number of carbonyl (C=O) groups excluding carboxylic acids is 3. The first-order valence-electron chi connectivity index (χ1n) is 8.19. The molecule has 0 spiro atoms. The molecule has 2 rings (SSSR count). The summed E-state index contributed by atoms with van der Waals surface area (Å²) in [6, 6.07) is 7.87. The first kappa shape index (κ1) is 19.2. The van der Waals surface area contributed by atoms with Crippen molar-refractivity contribution in [3.8, 4) is 0 Å². The monoisotopic (exact) mass is 363 g/mol. The highest BCUT2D eigenvalue weighted by atomic mass is 32.2. The highest BCUT2D eigenvalue weighted by molar-refractivity contribution is 8.14. The Morgan fingerprint density at radius 1 is 1.24 bits per heavy atom. The molecule has 0 aliphatic carbocycles. The van der Waals surface area contributed by atoms with E-state index in [1.807, 2.05) is 0 Å². The van der Waals surface area contributed by atoms with Gasteiger partial charge < -0.3 is 10.0 Å². The first-order chi connectivity index (χ1) is 11.9. The van der Waals surface area contributed by atoms with Crippen molar-refractivity contribution in [2.24, 2.45) is 0 Å². The third-order valence-corrected chi connectivity index (χ3v) is 5.20. The number of hydrogen-bond donors (Lipinski definition) is 1. The van der Waals surface area contributed by atoms with E-state index < -0.39 is 17.3 Å². The van der Waals surface area contributed by atoms with Crippen LogP contribution in [-0.4, -0.2) is 50.6 Å². The van der Waals surface area contributed by atoms with E-state index >= 15 is 0 Å². The Morgan fingerprint density at radius 3 is 2.52 bits per heavy atom. The quantitative estimate of drug-likeness (QED) is 0.748. The molecular formula is C18H21NO5S. The van der Waals surface area contributed by atoms with Crippen LogP contribution in [0, 0.1) is 0 Å². The number of thioether (sulfide) groups is 1. The van der Waals surface area contributed by atoms with Gasteiger partial charge in [0.2, 0.25) is 5.91 Å². The molecule has 1 aliphatic heterocycles. The van der Waals surface area contributed by atoms with Gasteiger partial charge in [-0.2, -0.15) is 0 Å². The average Bonchev–Trinajstić information content (AvgIpc) is 3.08. The number of likely N-dealkylation sites (tertiary alicyclic amines) is 1. The maximum absolute atomic E-state index is 12.6. The predicted molar refractivity (Wildman–Crippen MR) is 94.4 cm³/mol. The topological polar surface area (TPSA) is 91.8 Å². The number of rotatable bonds is 7. The van der Waals surface area contributed by atoms with Crippen LogP contribution in [-0.2, 0) is 14.4 Å². The molecule has 0 radical (unpaired) electrons. The van der Waals surface area contributed by atoms with Gasteiger partial charge in [-0.05, 0) is 19.3 Å². The molecule has 7 heteroatoms. The van der Waals surface area contributed by atoms with Crippen LogP contribution in [0.15, 0.2) is 30.3 Å². The molecule has 1 aromatic carbocycles. The zero-order valence-electron chi connectivity index (χ0n) is 14.0. The molecule has 0 saturated carbocycles. The van der Waals surface area contributed by atoms with Crippen LogP contribution in [0.5, 0.6) is 0 Å². The highest BCUT2D eigenvalue weighted by Gasteiger charge is 2.34. The van der Waals surface area contributed by atoms with Crippen molar-refractivity contribution in [2.75, 3.05) is 6.54 Å². The van der Waals surface area contributed by atoms with Crippen molar-refractivity contribution in [2.45, 2.75) is 43.9 Å². The van der Waals surface area contributed by atoms with E-state index in [2.05, 4.69) is 0 Å². The Labute approximate surface area is 150 Å². The largest absolute Gasteiger partial charge is 0.480 e. The van der Waals surface area contributed by atoms with Crippen LogP contribution in [0.4, 0.5) is 0 Å². The molecule has 1 unspecified atom stereocenters. The number of nitrogens with zero attached hydrogens (tertiary/aromatic N) is 1. The Morgan fingerprint density at radius 2 is 1.92 bits per heavy atom. The summed E-state index contributed by atoms with van der Waals surface area (Å²) in [6.45, 7) is 1.81. The van der Waals surface area contributed by atoms with Gasteiger partial charge in [-0.25, -0.2) is 4.79 Å². The smallest absolute Gasteiger partial charge is 0.326 e. The van der Waals surface area contributed by atoms with E-state index in [-0.39, 0.29) is 29.6 Å². The second kappa shape index (κ2) is 8.80. The van der Waals surface area contributed by atoms with Crippen molar-refractivity contribution >= 4 is 34.5 Å². The maximum Gasteiger partial charge on any atom is 0.326 e. The van der Waals surface area contributed by atoms with Gasteiger partial charge in [0.05, 0.1) is 5.25 Å². The molecule has 1 N–H and O–H groups in total. The molecule has 1 heterocycles. The van der Waals surface area contributed by atoms with E-state index in [4.69, 9.17) is 5.11 Å². The molecule has 0 bridgehead atoms. The van der Waals surface area contributed by atoms with Gasteiger partial charge >= 0.3 is 5.97 Å². The van der Waals surface area contributed by atoms with Crippen molar-refractivity contribution < 1.29 is 24.3 Å². The number of benzene rings is 1. The van der Waals surface area contributed by atoms with E-state index in [0.29, 0.717) is 24.9 Å². The fourth-order valence-corrected chi connectivity index (χ4v) is 3.83. The Hall–Kier alpha value is -2.15. The van der Waals surface area contributed by atoms with Gasteiger partial charge in [-0.3, -0.25) is 14.4 Å². The second-order valence-corrected chi connectivity index (χ2v) is 7.33.